The fraction of sp³-hybridized carbons (Fsp3) is 0.500. The lowest BCUT2D eigenvalue weighted by Crippen LogP contribution is -2.33. The molecule has 3 heterocycles. The van der Waals surface area contributed by atoms with Gasteiger partial charge in [-0.1, -0.05) is 45.0 Å². The smallest absolute Gasteiger partial charge is 0.340 e. The molecule has 1 aliphatic rings. The van der Waals surface area contributed by atoms with Gasteiger partial charge >= 0.3 is 15.2 Å². The Morgan fingerprint density at radius 3 is 2.37 bits per heavy atom. The first-order chi connectivity index (χ1) is 17.6. The Morgan fingerprint density at radius 2 is 1.74 bits per heavy atom. The summed E-state index contributed by atoms with van der Waals surface area (Å²) >= 11 is 0. The number of nitrogens with zero attached hydrogens (tertiary/aromatic N) is 4. The third-order valence-corrected chi connectivity index (χ3v) is 9.51. The molecule has 0 amide bonds. The van der Waals surface area contributed by atoms with Crippen molar-refractivity contribution in [1.29, 1.82) is 0 Å². The number of anilines is 1. The van der Waals surface area contributed by atoms with Gasteiger partial charge in [-0.3, -0.25) is 13.7 Å². The van der Waals surface area contributed by atoms with Gasteiger partial charge in [-0.05, 0) is 16.5 Å². The van der Waals surface area contributed by atoms with Crippen molar-refractivity contribution in [2.45, 2.75) is 57.3 Å². The average Bonchev–Trinajstić information content (AvgIpc) is 3.36. The molecule has 208 valence electrons. The van der Waals surface area contributed by atoms with Gasteiger partial charge < -0.3 is 39.5 Å². The molecule has 5 atom stereocenters. The van der Waals surface area contributed by atoms with E-state index in [0.29, 0.717) is 23.5 Å². The van der Waals surface area contributed by atoms with Crippen LogP contribution in [0, 0.1) is 0 Å². The third-order valence-electron chi connectivity index (χ3n) is 6.05. The Hall–Kier alpha value is -2.25. The standard InChI is InChI=1S/C22H31N5O9P2/c1-22(2,3)14-6-4-13(5-7-14)8-23-19-16-20(25-10-24-19)27(11-26-16)21-18(29)17(28)15(36-21)9-35-38(33,34)12-37(30,31)32/h4-7,10-11,15,17-18,21,28-29H,8-9,12H2,1-3H3,(H,33,34)(H,23,24,25)(H2,30,31,32)/t15-,17-,18-,21-/m1/s1. The number of fused-ring (bicyclic) bond motifs is 1. The molecule has 38 heavy (non-hydrogen) atoms. The van der Waals surface area contributed by atoms with Gasteiger partial charge in [-0.2, -0.15) is 0 Å². The lowest BCUT2D eigenvalue weighted by Gasteiger charge is -2.19. The summed E-state index contributed by atoms with van der Waals surface area (Å²) in [6.45, 7) is 6.21. The quantitative estimate of drug-likeness (QED) is 0.202. The van der Waals surface area contributed by atoms with Crippen molar-refractivity contribution in [3.63, 3.8) is 0 Å². The summed E-state index contributed by atoms with van der Waals surface area (Å²) in [5.41, 5.74) is 2.99. The zero-order valence-electron chi connectivity index (χ0n) is 20.9. The minimum absolute atomic E-state index is 0.0455. The van der Waals surface area contributed by atoms with Crippen LogP contribution in [0.2, 0.25) is 0 Å². The number of hydrogen-bond donors (Lipinski definition) is 6. The van der Waals surface area contributed by atoms with Crippen molar-refractivity contribution < 1.29 is 43.3 Å². The molecular formula is C22H31N5O9P2. The van der Waals surface area contributed by atoms with Crippen molar-refractivity contribution >= 4 is 32.2 Å². The number of benzene rings is 1. The highest BCUT2D eigenvalue weighted by molar-refractivity contribution is 7.70. The van der Waals surface area contributed by atoms with Crippen LogP contribution in [0.4, 0.5) is 5.82 Å². The van der Waals surface area contributed by atoms with Crippen LogP contribution in [-0.4, -0.2) is 75.2 Å². The van der Waals surface area contributed by atoms with E-state index in [0.717, 1.165) is 5.56 Å². The van der Waals surface area contributed by atoms with Crippen molar-refractivity contribution in [2.75, 3.05) is 17.8 Å². The Morgan fingerprint density at radius 1 is 1.05 bits per heavy atom. The number of ether oxygens (including phenoxy) is 1. The predicted molar refractivity (Wildman–Crippen MR) is 136 cm³/mol. The van der Waals surface area contributed by atoms with E-state index in [1.807, 2.05) is 12.1 Å². The Bertz CT molecular complexity index is 1370. The van der Waals surface area contributed by atoms with Gasteiger partial charge in [0.25, 0.3) is 0 Å². The zero-order chi connectivity index (χ0) is 27.9. The van der Waals surface area contributed by atoms with Gasteiger partial charge in [-0.25, -0.2) is 15.0 Å². The van der Waals surface area contributed by atoms with Gasteiger partial charge in [-0.15, -0.1) is 0 Å². The van der Waals surface area contributed by atoms with Crippen molar-refractivity contribution in [3.8, 4) is 0 Å². The van der Waals surface area contributed by atoms with Crippen LogP contribution in [0.15, 0.2) is 36.9 Å². The van der Waals surface area contributed by atoms with Crippen LogP contribution >= 0.6 is 15.2 Å². The lowest BCUT2D eigenvalue weighted by atomic mass is 9.87. The number of imidazole rings is 1. The molecule has 0 radical (unpaired) electrons. The predicted octanol–water partition coefficient (Wildman–Crippen LogP) is 1.69. The van der Waals surface area contributed by atoms with E-state index < -0.39 is 52.2 Å². The molecule has 1 aromatic carbocycles. The summed E-state index contributed by atoms with van der Waals surface area (Å²) in [4.78, 5) is 40.3. The second kappa shape index (κ2) is 10.7. The van der Waals surface area contributed by atoms with Crippen LogP contribution in [0.3, 0.4) is 0 Å². The molecule has 1 fully saturated rings. The van der Waals surface area contributed by atoms with Gasteiger partial charge in [0.05, 0.1) is 12.9 Å². The van der Waals surface area contributed by atoms with Crippen molar-refractivity contribution in [2.24, 2.45) is 0 Å². The highest BCUT2D eigenvalue weighted by Crippen LogP contribution is 2.55. The normalized spacial score (nSPS) is 24.0. The molecule has 1 aliphatic heterocycles. The van der Waals surface area contributed by atoms with E-state index in [1.165, 1.54) is 22.8 Å². The molecule has 4 rings (SSSR count). The van der Waals surface area contributed by atoms with Gasteiger partial charge in [0, 0.05) is 6.54 Å². The lowest BCUT2D eigenvalue weighted by molar-refractivity contribution is -0.0483. The molecule has 14 nitrogen and oxygen atoms in total. The second-order valence-electron chi connectivity index (χ2n) is 10.1. The summed E-state index contributed by atoms with van der Waals surface area (Å²) in [5.74, 6) is -0.936. The van der Waals surface area contributed by atoms with E-state index in [1.54, 1.807) is 0 Å². The van der Waals surface area contributed by atoms with Crippen LogP contribution in [0.1, 0.15) is 38.1 Å². The Kier molecular flexibility index (Phi) is 8.11. The molecule has 0 aliphatic carbocycles. The van der Waals surface area contributed by atoms with E-state index in [4.69, 9.17) is 19.0 Å². The van der Waals surface area contributed by atoms with Gasteiger partial charge in [0.1, 0.15) is 24.6 Å². The molecule has 1 saturated heterocycles. The van der Waals surface area contributed by atoms with Gasteiger partial charge in [0.2, 0.25) is 0 Å². The minimum Gasteiger partial charge on any atom is -0.387 e. The van der Waals surface area contributed by atoms with E-state index in [9.17, 15) is 24.2 Å². The van der Waals surface area contributed by atoms with E-state index in [2.05, 4.69) is 53.2 Å². The van der Waals surface area contributed by atoms with Crippen molar-refractivity contribution in [3.05, 3.63) is 48.0 Å². The number of aliphatic hydroxyl groups is 2. The second-order valence-corrected chi connectivity index (χ2v) is 14.1. The molecule has 0 spiro atoms. The summed E-state index contributed by atoms with van der Waals surface area (Å²) < 4.78 is 34.7. The number of aliphatic hydroxyl groups excluding tert-OH is 2. The van der Waals surface area contributed by atoms with E-state index in [-0.39, 0.29) is 5.41 Å². The fourth-order valence-corrected chi connectivity index (χ4v) is 6.61. The first kappa shape index (κ1) is 28.8. The first-order valence-corrected chi connectivity index (χ1v) is 15.2. The summed E-state index contributed by atoms with van der Waals surface area (Å²) in [6, 6.07) is 8.21. The van der Waals surface area contributed by atoms with Crippen LogP contribution in [0.5, 0.6) is 0 Å². The SMILES string of the molecule is CC(C)(C)c1ccc(CNc2ncnc3c2ncn3[C@@H]2O[C@H](COP(=O)(O)CP(=O)(O)O)[C@@H](O)[C@H]2O)cc1. The fourth-order valence-electron chi connectivity index (χ4n) is 4.04. The first-order valence-electron chi connectivity index (χ1n) is 11.7. The maximum absolute atomic E-state index is 11.9. The minimum atomic E-state index is -4.82. The maximum atomic E-state index is 11.9. The number of rotatable bonds is 9. The molecule has 2 aromatic heterocycles. The Labute approximate surface area is 218 Å². The average molecular weight is 571 g/mol. The molecule has 16 heteroatoms. The largest absolute Gasteiger partial charge is 0.387 e. The highest BCUT2D eigenvalue weighted by Gasteiger charge is 2.45. The molecule has 0 bridgehead atoms. The van der Waals surface area contributed by atoms with Crippen LogP contribution in [0.25, 0.3) is 11.2 Å². The molecule has 6 N–H and O–H groups in total. The van der Waals surface area contributed by atoms with Crippen LogP contribution in [-0.2, 0) is 30.4 Å². The van der Waals surface area contributed by atoms with E-state index >= 15 is 0 Å². The number of hydrogen-bond acceptors (Lipinski definition) is 10. The number of nitrogens with one attached hydrogen (secondary N) is 1. The summed E-state index contributed by atoms with van der Waals surface area (Å²) in [6.07, 6.45) is -2.77. The summed E-state index contributed by atoms with van der Waals surface area (Å²) in [7, 11) is -9.48. The Balaban J connectivity index is 1.46. The molecular weight excluding hydrogens is 540 g/mol. The monoisotopic (exact) mass is 571 g/mol. The summed E-state index contributed by atoms with van der Waals surface area (Å²) in [5, 5.41) is 24.2. The van der Waals surface area contributed by atoms with Crippen molar-refractivity contribution in [1.82, 2.24) is 19.5 Å². The topological polar surface area (TPSA) is 209 Å². The number of aromatic nitrogens is 4. The molecule has 3 aromatic rings. The maximum Gasteiger partial charge on any atom is 0.340 e. The van der Waals surface area contributed by atoms with Gasteiger partial charge in [0.15, 0.2) is 29.1 Å². The van der Waals surface area contributed by atoms with Crippen LogP contribution < -0.4 is 5.32 Å². The highest BCUT2D eigenvalue weighted by atomic mass is 31.2. The molecule has 1 unspecified atom stereocenters. The third kappa shape index (κ3) is 6.66. The molecule has 0 saturated carbocycles. The zero-order valence-corrected chi connectivity index (χ0v) is 22.7.